The minimum atomic E-state index is -1.22. The molecule has 1 aromatic rings. The molecule has 2 N–H and O–H groups in total. The molecule has 190 valence electrons. The molecule has 3 rings (SSSR count). The van der Waals surface area contributed by atoms with Crippen LogP contribution in [0.15, 0.2) is 11.8 Å². The normalized spacial score (nSPS) is 36.0. The number of ketones is 1. The number of aryl methyl sites for hydroxylation is 1. The number of hydrogen-bond acceptors (Lipinski definition) is 8. The number of esters is 1. The van der Waals surface area contributed by atoms with Gasteiger partial charge in [0.05, 0.1) is 41.3 Å². The highest BCUT2D eigenvalue weighted by molar-refractivity contribution is 7.12. The van der Waals surface area contributed by atoms with Crippen molar-refractivity contribution >= 4 is 29.2 Å². The first-order valence-electron chi connectivity index (χ1n) is 12.3. The quantitative estimate of drug-likeness (QED) is 0.472. The minimum Gasteiger partial charge on any atom is -0.458 e. The Balaban J connectivity index is 1.81. The minimum absolute atomic E-state index is 0.0133. The highest BCUT2D eigenvalue weighted by Gasteiger charge is 2.44. The zero-order chi connectivity index (χ0) is 25.2. The van der Waals surface area contributed by atoms with E-state index in [1.54, 1.807) is 38.3 Å². The number of carbonyl (C=O) groups is 2. The van der Waals surface area contributed by atoms with Gasteiger partial charge >= 0.3 is 5.97 Å². The summed E-state index contributed by atoms with van der Waals surface area (Å²) < 4.78 is 11.7. The van der Waals surface area contributed by atoms with Crippen molar-refractivity contribution in [1.29, 1.82) is 0 Å². The van der Waals surface area contributed by atoms with Gasteiger partial charge in [-0.25, -0.2) is 4.98 Å². The molecule has 0 radical (unpaired) electrons. The number of epoxide rings is 1. The average molecular weight is 494 g/mol. The molecule has 7 atom stereocenters. The lowest BCUT2D eigenvalue weighted by Gasteiger charge is -2.34. The molecule has 8 heteroatoms. The van der Waals surface area contributed by atoms with Crippen LogP contribution in [0, 0.1) is 24.2 Å². The van der Waals surface area contributed by atoms with E-state index < -0.39 is 35.6 Å². The fraction of sp³-hybridized carbons (Fsp3) is 0.731. The van der Waals surface area contributed by atoms with Crippen molar-refractivity contribution in [2.45, 2.75) is 104 Å². The van der Waals surface area contributed by atoms with Gasteiger partial charge in [0, 0.05) is 23.4 Å². The molecule has 0 aromatic carbocycles. The van der Waals surface area contributed by atoms with Crippen molar-refractivity contribution in [3.8, 4) is 0 Å². The SMILES string of the molecule is C/C(=C\c1cnc(C)s1)[C@@H]1C[C@@H]2O[C@@H]2CCC[C@H](C)[C@H](O)C(C)C(=O)C(C)(C)[C@@H](O)CC(=O)O1. The van der Waals surface area contributed by atoms with E-state index in [4.69, 9.17) is 9.47 Å². The van der Waals surface area contributed by atoms with Crippen molar-refractivity contribution in [2.75, 3.05) is 0 Å². The van der Waals surface area contributed by atoms with Crippen LogP contribution >= 0.6 is 11.3 Å². The number of nitrogens with zero attached hydrogens (tertiary/aromatic N) is 1. The van der Waals surface area contributed by atoms with Crippen LogP contribution in [0.3, 0.4) is 0 Å². The van der Waals surface area contributed by atoms with Crippen LogP contribution in [0.5, 0.6) is 0 Å². The van der Waals surface area contributed by atoms with Crippen molar-refractivity contribution in [3.63, 3.8) is 0 Å². The Morgan fingerprint density at radius 1 is 1.21 bits per heavy atom. The van der Waals surface area contributed by atoms with Gasteiger partial charge in [-0.1, -0.05) is 34.1 Å². The number of carbonyl (C=O) groups excluding carboxylic acids is 2. The van der Waals surface area contributed by atoms with Crippen LogP contribution in [-0.4, -0.2) is 57.5 Å². The molecule has 0 spiro atoms. The third-order valence-electron chi connectivity index (χ3n) is 7.41. The van der Waals surface area contributed by atoms with E-state index in [-0.39, 0.29) is 30.3 Å². The molecule has 0 aliphatic carbocycles. The lowest BCUT2D eigenvalue weighted by atomic mass is 9.73. The lowest BCUT2D eigenvalue weighted by molar-refractivity contribution is -0.154. The highest BCUT2D eigenvalue weighted by Crippen LogP contribution is 2.36. The molecule has 2 aliphatic heterocycles. The number of aliphatic hydroxyl groups is 2. The Hall–Kier alpha value is -1.61. The van der Waals surface area contributed by atoms with E-state index in [9.17, 15) is 19.8 Å². The van der Waals surface area contributed by atoms with Crippen molar-refractivity contribution < 1.29 is 29.3 Å². The predicted molar refractivity (Wildman–Crippen MR) is 131 cm³/mol. The summed E-state index contributed by atoms with van der Waals surface area (Å²) in [6, 6.07) is 0. The summed E-state index contributed by atoms with van der Waals surface area (Å²) in [7, 11) is 0. The Morgan fingerprint density at radius 3 is 2.56 bits per heavy atom. The second-order valence-corrected chi connectivity index (χ2v) is 11.9. The Kier molecular flexibility index (Phi) is 8.71. The number of thiazole rings is 1. The fourth-order valence-electron chi connectivity index (χ4n) is 4.77. The smallest absolute Gasteiger partial charge is 0.309 e. The van der Waals surface area contributed by atoms with E-state index in [1.807, 2.05) is 26.8 Å². The zero-order valence-electron chi connectivity index (χ0n) is 21.1. The van der Waals surface area contributed by atoms with Crippen molar-refractivity contribution in [1.82, 2.24) is 4.98 Å². The average Bonchev–Trinajstić information content (AvgIpc) is 3.38. The summed E-state index contributed by atoms with van der Waals surface area (Å²) in [5, 5.41) is 22.6. The third-order valence-corrected chi connectivity index (χ3v) is 8.27. The molecule has 34 heavy (non-hydrogen) atoms. The van der Waals surface area contributed by atoms with Gasteiger partial charge in [-0.15, -0.1) is 11.3 Å². The van der Waals surface area contributed by atoms with Crippen LogP contribution < -0.4 is 0 Å². The van der Waals surface area contributed by atoms with Crippen LogP contribution in [0.2, 0.25) is 0 Å². The van der Waals surface area contributed by atoms with Gasteiger partial charge in [0.2, 0.25) is 0 Å². The first-order valence-corrected chi connectivity index (χ1v) is 13.1. The molecule has 3 heterocycles. The number of rotatable bonds is 2. The summed E-state index contributed by atoms with van der Waals surface area (Å²) >= 11 is 1.57. The van der Waals surface area contributed by atoms with Gasteiger partial charge in [0.15, 0.2) is 0 Å². The Morgan fingerprint density at radius 2 is 1.91 bits per heavy atom. The number of ether oxygens (including phenoxy) is 2. The van der Waals surface area contributed by atoms with Gasteiger partial charge in [0.1, 0.15) is 11.9 Å². The van der Waals surface area contributed by atoms with E-state index in [1.165, 1.54) is 0 Å². The van der Waals surface area contributed by atoms with Crippen molar-refractivity contribution in [3.05, 3.63) is 21.7 Å². The molecule has 0 saturated carbocycles. The molecule has 0 bridgehead atoms. The monoisotopic (exact) mass is 493 g/mol. The van der Waals surface area contributed by atoms with Crippen LogP contribution in [-0.2, 0) is 19.1 Å². The van der Waals surface area contributed by atoms with Crippen molar-refractivity contribution in [2.24, 2.45) is 17.3 Å². The summed E-state index contributed by atoms with van der Waals surface area (Å²) in [4.78, 5) is 31.3. The van der Waals surface area contributed by atoms with E-state index in [0.717, 1.165) is 34.7 Å². The van der Waals surface area contributed by atoms with Gasteiger partial charge in [-0.2, -0.15) is 0 Å². The maximum Gasteiger partial charge on any atom is 0.309 e. The van der Waals surface area contributed by atoms with Gasteiger partial charge in [0.25, 0.3) is 0 Å². The number of cyclic esters (lactones) is 1. The molecule has 2 saturated heterocycles. The number of aromatic nitrogens is 1. The van der Waals surface area contributed by atoms with Gasteiger partial charge in [-0.3, -0.25) is 9.59 Å². The third kappa shape index (κ3) is 6.53. The van der Waals surface area contributed by atoms with E-state index in [0.29, 0.717) is 6.42 Å². The summed E-state index contributed by atoms with van der Waals surface area (Å²) in [6.07, 6.45) is 4.18. The molecule has 0 amide bonds. The highest BCUT2D eigenvalue weighted by atomic mass is 32.1. The first kappa shape index (κ1) is 27.0. The maximum atomic E-state index is 13.2. The molecule has 7 nitrogen and oxygen atoms in total. The second-order valence-electron chi connectivity index (χ2n) is 10.6. The summed E-state index contributed by atoms with van der Waals surface area (Å²) in [5.74, 6) is -1.51. The second kappa shape index (κ2) is 11.0. The number of fused-ring (bicyclic) bond motifs is 1. The van der Waals surface area contributed by atoms with Crippen LogP contribution in [0.25, 0.3) is 6.08 Å². The molecule has 2 aliphatic rings. The van der Waals surface area contributed by atoms with Gasteiger partial charge < -0.3 is 19.7 Å². The maximum absolute atomic E-state index is 13.2. The number of hydrogen-bond donors (Lipinski definition) is 2. The van der Waals surface area contributed by atoms with Crippen LogP contribution in [0.1, 0.15) is 76.6 Å². The number of Topliss-reactive ketones (excluding diaryl/α,β-unsaturated/α-hetero) is 1. The van der Waals surface area contributed by atoms with Gasteiger partial charge in [-0.05, 0) is 44.3 Å². The largest absolute Gasteiger partial charge is 0.458 e. The van der Waals surface area contributed by atoms with E-state index in [2.05, 4.69) is 4.98 Å². The molecule has 2 fully saturated rings. The molecule has 1 unspecified atom stereocenters. The van der Waals surface area contributed by atoms with E-state index >= 15 is 0 Å². The molecular weight excluding hydrogens is 454 g/mol. The predicted octanol–water partition coefficient (Wildman–Crippen LogP) is 4.09. The Bertz CT molecular complexity index is 909. The number of aliphatic hydroxyl groups excluding tert-OH is 2. The lowest BCUT2D eigenvalue weighted by Crippen LogP contribution is -2.45. The standard InChI is InChI=1S/C26H39NO6S/c1-14-8-7-9-19-21(32-19)11-20(15(2)10-18-13-27-17(4)34-18)33-23(29)12-22(28)26(5,6)25(31)16(3)24(14)30/h10,13-14,16,19-22,24,28,30H,7-9,11-12H2,1-6H3/b15-10+/t14-,16?,19+,20-,21-,22-,24-/m0/s1. The van der Waals surface area contributed by atoms with Crippen LogP contribution in [0.4, 0.5) is 0 Å². The topological polar surface area (TPSA) is 109 Å². The zero-order valence-corrected chi connectivity index (χ0v) is 21.9. The first-order chi connectivity index (χ1) is 15.9. The summed E-state index contributed by atoms with van der Waals surface area (Å²) in [6.45, 7) is 10.8. The molecule has 1 aromatic heterocycles. The Labute approximate surface area is 206 Å². The summed E-state index contributed by atoms with van der Waals surface area (Å²) in [5.41, 5.74) is -0.302. The molecular formula is C26H39NO6S. The fourth-order valence-corrected chi connectivity index (χ4v) is 5.57.